The zero-order chi connectivity index (χ0) is 15.4. The Labute approximate surface area is 131 Å². The minimum atomic E-state index is -1.17. The summed E-state index contributed by atoms with van der Waals surface area (Å²) in [7, 11) is 0. The number of carbonyl (C=O) groups excluding carboxylic acids is 2. The maximum Gasteiger partial charge on any atom is 0.233 e. The number of nitrogens with zero attached hydrogens (tertiary/aromatic N) is 1. The standard InChI is InChI=1S/C16H9Cl2NO2/c17-12-7-4-8-13(18)14(12)16(21)15(20)11(9-19)10-5-2-1-3-6-10/h1-8,11H. The largest absolute Gasteiger partial charge is 0.289 e. The van der Waals surface area contributed by atoms with Crippen LogP contribution in [0.15, 0.2) is 48.5 Å². The third kappa shape index (κ3) is 3.13. The molecular weight excluding hydrogens is 309 g/mol. The number of rotatable bonds is 4. The summed E-state index contributed by atoms with van der Waals surface area (Å²) in [6.07, 6.45) is 0. The Morgan fingerprint density at radius 2 is 1.52 bits per heavy atom. The summed E-state index contributed by atoms with van der Waals surface area (Å²) in [5.41, 5.74) is 0.392. The van der Waals surface area contributed by atoms with Crippen LogP contribution < -0.4 is 0 Å². The molecule has 0 radical (unpaired) electrons. The fraction of sp³-hybridized carbons (Fsp3) is 0.0625. The highest BCUT2D eigenvalue weighted by molar-refractivity contribution is 6.52. The average molecular weight is 318 g/mol. The van der Waals surface area contributed by atoms with Gasteiger partial charge in [0.15, 0.2) is 0 Å². The van der Waals surface area contributed by atoms with Crippen LogP contribution in [-0.2, 0) is 4.79 Å². The molecule has 21 heavy (non-hydrogen) atoms. The molecule has 1 unspecified atom stereocenters. The van der Waals surface area contributed by atoms with Gasteiger partial charge in [-0.1, -0.05) is 59.6 Å². The van der Waals surface area contributed by atoms with Crippen molar-refractivity contribution in [1.29, 1.82) is 5.26 Å². The summed E-state index contributed by atoms with van der Waals surface area (Å²) >= 11 is 11.8. The van der Waals surface area contributed by atoms with Gasteiger partial charge in [0.25, 0.3) is 0 Å². The average Bonchev–Trinajstić information content (AvgIpc) is 2.48. The maximum atomic E-state index is 12.3. The van der Waals surface area contributed by atoms with Gasteiger partial charge in [-0.2, -0.15) is 5.26 Å². The third-order valence-electron chi connectivity index (χ3n) is 2.94. The van der Waals surface area contributed by atoms with Crippen LogP contribution in [0.2, 0.25) is 10.0 Å². The van der Waals surface area contributed by atoms with Crippen molar-refractivity contribution in [2.45, 2.75) is 5.92 Å². The van der Waals surface area contributed by atoms with Crippen LogP contribution >= 0.6 is 23.2 Å². The predicted octanol–water partition coefficient (Wildman–Crippen LogP) is 4.05. The van der Waals surface area contributed by atoms with Gasteiger partial charge >= 0.3 is 0 Å². The van der Waals surface area contributed by atoms with Crippen molar-refractivity contribution in [3.05, 3.63) is 69.7 Å². The van der Waals surface area contributed by atoms with Crippen LogP contribution in [0.1, 0.15) is 21.8 Å². The molecule has 0 spiro atoms. The molecule has 0 aromatic heterocycles. The zero-order valence-electron chi connectivity index (χ0n) is 10.7. The molecule has 0 aliphatic rings. The third-order valence-corrected chi connectivity index (χ3v) is 3.57. The molecule has 0 N–H and O–H groups in total. The summed E-state index contributed by atoms with van der Waals surface area (Å²) in [5.74, 6) is -2.88. The minimum Gasteiger partial charge on any atom is -0.289 e. The first kappa shape index (κ1) is 15.2. The number of hydrogen-bond donors (Lipinski definition) is 0. The van der Waals surface area contributed by atoms with Gasteiger partial charge in [0.1, 0.15) is 5.92 Å². The van der Waals surface area contributed by atoms with E-state index >= 15 is 0 Å². The van der Waals surface area contributed by atoms with Crippen LogP contribution in [-0.4, -0.2) is 11.6 Å². The summed E-state index contributed by atoms with van der Waals surface area (Å²) in [6, 6.07) is 14.8. The molecule has 0 aliphatic carbocycles. The number of nitriles is 1. The van der Waals surface area contributed by atoms with Gasteiger partial charge in [0, 0.05) is 0 Å². The van der Waals surface area contributed by atoms with Crippen molar-refractivity contribution in [3.63, 3.8) is 0 Å². The lowest BCUT2D eigenvalue weighted by molar-refractivity contribution is -0.115. The van der Waals surface area contributed by atoms with Gasteiger partial charge < -0.3 is 0 Å². The molecule has 0 saturated carbocycles. The molecule has 0 aliphatic heterocycles. The van der Waals surface area contributed by atoms with E-state index < -0.39 is 17.5 Å². The Kier molecular flexibility index (Phi) is 4.74. The van der Waals surface area contributed by atoms with Crippen molar-refractivity contribution in [2.24, 2.45) is 0 Å². The van der Waals surface area contributed by atoms with E-state index in [0.29, 0.717) is 5.56 Å². The van der Waals surface area contributed by atoms with Crippen LogP contribution in [0.4, 0.5) is 0 Å². The molecule has 104 valence electrons. The Bertz CT molecular complexity index is 715. The molecular formula is C16H9Cl2NO2. The number of carbonyl (C=O) groups is 2. The normalized spacial score (nSPS) is 11.5. The van der Waals surface area contributed by atoms with Gasteiger partial charge in [-0.25, -0.2) is 0 Å². The molecule has 2 aromatic rings. The number of ketones is 2. The summed E-state index contributed by atoms with van der Waals surface area (Å²) in [4.78, 5) is 24.6. The van der Waals surface area contributed by atoms with E-state index in [0.717, 1.165) is 0 Å². The second-order valence-electron chi connectivity index (χ2n) is 4.26. The Morgan fingerprint density at radius 3 is 2.05 bits per heavy atom. The Morgan fingerprint density at radius 1 is 0.952 bits per heavy atom. The zero-order valence-corrected chi connectivity index (χ0v) is 12.2. The summed E-state index contributed by atoms with van der Waals surface area (Å²) in [5, 5.41) is 9.37. The summed E-state index contributed by atoms with van der Waals surface area (Å²) < 4.78 is 0. The van der Waals surface area contributed by atoms with E-state index in [2.05, 4.69) is 0 Å². The molecule has 0 heterocycles. The second kappa shape index (κ2) is 6.53. The molecule has 2 rings (SSSR count). The topological polar surface area (TPSA) is 57.9 Å². The predicted molar refractivity (Wildman–Crippen MR) is 80.6 cm³/mol. The first-order valence-electron chi connectivity index (χ1n) is 6.03. The van der Waals surface area contributed by atoms with Gasteiger partial charge in [0.2, 0.25) is 11.6 Å². The van der Waals surface area contributed by atoms with Gasteiger partial charge in [0.05, 0.1) is 21.7 Å². The smallest absolute Gasteiger partial charge is 0.233 e. The number of hydrogen-bond acceptors (Lipinski definition) is 3. The molecule has 5 heteroatoms. The lowest BCUT2D eigenvalue weighted by Crippen LogP contribution is -2.22. The van der Waals surface area contributed by atoms with E-state index in [-0.39, 0.29) is 15.6 Å². The summed E-state index contributed by atoms with van der Waals surface area (Å²) in [6.45, 7) is 0. The molecule has 3 nitrogen and oxygen atoms in total. The van der Waals surface area contributed by atoms with Crippen LogP contribution in [0.5, 0.6) is 0 Å². The van der Waals surface area contributed by atoms with Crippen LogP contribution in [0.3, 0.4) is 0 Å². The second-order valence-corrected chi connectivity index (χ2v) is 5.08. The monoisotopic (exact) mass is 317 g/mol. The maximum absolute atomic E-state index is 12.3. The fourth-order valence-corrected chi connectivity index (χ4v) is 2.47. The number of benzene rings is 2. The molecule has 1 atom stereocenters. The van der Waals surface area contributed by atoms with Crippen molar-refractivity contribution >= 4 is 34.8 Å². The van der Waals surface area contributed by atoms with Gasteiger partial charge in [-0.05, 0) is 17.7 Å². The van der Waals surface area contributed by atoms with E-state index in [1.807, 2.05) is 6.07 Å². The SMILES string of the molecule is N#CC(C(=O)C(=O)c1c(Cl)cccc1Cl)c1ccccc1. The molecule has 0 saturated heterocycles. The van der Waals surface area contributed by atoms with Crippen LogP contribution in [0.25, 0.3) is 0 Å². The van der Waals surface area contributed by atoms with E-state index in [9.17, 15) is 14.9 Å². The highest BCUT2D eigenvalue weighted by Gasteiger charge is 2.30. The molecule has 2 aromatic carbocycles. The Hall–Kier alpha value is -2.15. The number of Topliss-reactive ketones (excluding diaryl/α,β-unsaturated/α-hetero) is 2. The van der Waals surface area contributed by atoms with Crippen molar-refractivity contribution < 1.29 is 9.59 Å². The van der Waals surface area contributed by atoms with E-state index in [4.69, 9.17) is 23.2 Å². The number of halogens is 2. The van der Waals surface area contributed by atoms with Gasteiger partial charge in [-0.3, -0.25) is 9.59 Å². The van der Waals surface area contributed by atoms with E-state index in [1.165, 1.54) is 12.1 Å². The quantitative estimate of drug-likeness (QED) is 0.631. The van der Waals surface area contributed by atoms with Crippen molar-refractivity contribution in [1.82, 2.24) is 0 Å². The fourth-order valence-electron chi connectivity index (χ4n) is 1.90. The van der Waals surface area contributed by atoms with Crippen LogP contribution in [0, 0.1) is 11.3 Å². The van der Waals surface area contributed by atoms with Gasteiger partial charge in [-0.15, -0.1) is 0 Å². The molecule has 0 amide bonds. The lowest BCUT2D eigenvalue weighted by atomic mass is 9.91. The van der Waals surface area contributed by atoms with E-state index in [1.54, 1.807) is 36.4 Å². The molecule has 0 fully saturated rings. The lowest BCUT2D eigenvalue weighted by Gasteiger charge is -2.09. The van der Waals surface area contributed by atoms with Crippen molar-refractivity contribution in [3.8, 4) is 6.07 Å². The highest BCUT2D eigenvalue weighted by Crippen LogP contribution is 2.27. The first-order chi connectivity index (χ1) is 10.1. The van der Waals surface area contributed by atoms with Crippen molar-refractivity contribution in [2.75, 3.05) is 0 Å². The first-order valence-corrected chi connectivity index (χ1v) is 6.79. The minimum absolute atomic E-state index is 0.0676. The highest BCUT2D eigenvalue weighted by atomic mass is 35.5. The Balaban J connectivity index is 2.40. The molecule has 0 bridgehead atoms.